The zero-order valence-corrected chi connectivity index (χ0v) is 18.4. The molecule has 0 saturated heterocycles. The number of carbonyl (C=O) groups is 1. The number of hydrogen-bond donors (Lipinski definition) is 1. The van der Waals surface area contributed by atoms with E-state index in [0.717, 1.165) is 29.9 Å². The van der Waals surface area contributed by atoms with Crippen molar-refractivity contribution >= 4 is 22.7 Å². The maximum atomic E-state index is 12.5. The molecule has 2 aromatic carbocycles. The van der Waals surface area contributed by atoms with Gasteiger partial charge in [-0.25, -0.2) is 4.98 Å². The molecule has 0 spiro atoms. The van der Waals surface area contributed by atoms with E-state index in [9.17, 15) is 4.79 Å². The fourth-order valence-corrected chi connectivity index (χ4v) is 4.14. The molecule has 0 aliphatic heterocycles. The molecule has 7 nitrogen and oxygen atoms in total. The van der Waals surface area contributed by atoms with Gasteiger partial charge in [0.05, 0.1) is 18.9 Å². The van der Waals surface area contributed by atoms with Crippen molar-refractivity contribution in [2.75, 3.05) is 12.4 Å². The number of rotatable bonds is 7. The van der Waals surface area contributed by atoms with Gasteiger partial charge in [0.25, 0.3) is 5.91 Å². The SMILES string of the molecule is COc1ccc(Cc2nc3cccc(NC(=O)c4ccccn4)c3o2)cc1OC1CCCC1. The topological polar surface area (TPSA) is 86.5 Å². The molecule has 2 aromatic heterocycles. The number of nitrogens with one attached hydrogen (secondary N) is 1. The van der Waals surface area contributed by atoms with Gasteiger partial charge in [0.2, 0.25) is 0 Å². The fraction of sp³-hybridized carbons (Fsp3) is 0.269. The van der Waals surface area contributed by atoms with Gasteiger partial charge in [-0.3, -0.25) is 9.78 Å². The van der Waals surface area contributed by atoms with Crippen molar-refractivity contribution in [3.05, 3.63) is 77.9 Å². The van der Waals surface area contributed by atoms with Crippen molar-refractivity contribution in [3.63, 3.8) is 0 Å². The zero-order valence-electron chi connectivity index (χ0n) is 18.4. The van der Waals surface area contributed by atoms with Gasteiger partial charge in [0.15, 0.2) is 23.0 Å². The highest BCUT2D eigenvalue weighted by Gasteiger charge is 2.19. The van der Waals surface area contributed by atoms with Crippen molar-refractivity contribution < 1.29 is 18.7 Å². The van der Waals surface area contributed by atoms with Crippen molar-refractivity contribution in [2.45, 2.75) is 38.2 Å². The van der Waals surface area contributed by atoms with E-state index in [1.807, 2.05) is 30.3 Å². The van der Waals surface area contributed by atoms with Gasteiger partial charge in [-0.2, -0.15) is 0 Å². The van der Waals surface area contributed by atoms with Crippen LogP contribution in [-0.4, -0.2) is 29.1 Å². The molecule has 1 N–H and O–H groups in total. The minimum Gasteiger partial charge on any atom is -0.493 e. The molecule has 1 fully saturated rings. The van der Waals surface area contributed by atoms with Crippen LogP contribution in [0.3, 0.4) is 0 Å². The first-order valence-corrected chi connectivity index (χ1v) is 11.1. The highest BCUT2D eigenvalue weighted by Crippen LogP contribution is 2.33. The van der Waals surface area contributed by atoms with E-state index in [1.165, 1.54) is 12.8 Å². The first-order valence-electron chi connectivity index (χ1n) is 11.1. The second kappa shape index (κ2) is 9.32. The smallest absolute Gasteiger partial charge is 0.274 e. The Morgan fingerprint density at radius 1 is 1.09 bits per heavy atom. The molecule has 1 aliphatic rings. The van der Waals surface area contributed by atoms with E-state index in [-0.39, 0.29) is 12.0 Å². The number of aromatic nitrogens is 2. The Kier molecular flexibility index (Phi) is 5.93. The Hall–Kier alpha value is -3.87. The van der Waals surface area contributed by atoms with E-state index < -0.39 is 0 Å². The minimum atomic E-state index is -0.301. The standard InChI is InChI=1S/C26H25N3O4/c1-31-22-13-12-17(15-23(22)32-18-7-2-3-8-18)16-24-28-19-10-6-11-20(25(19)33-24)29-26(30)21-9-4-5-14-27-21/h4-6,9-15,18H,2-3,7-8,16H2,1H3,(H,29,30). The predicted molar refractivity (Wildman–Crippen MR) is 125 cm³/mol. The van der Waals surface area contributed by atoms with Gasteiger partial charge in [0, 0.05) is 12.6 Å². The maximum absolute atomic E-state index is 12.5. The molecule has 0 unspecified atom stereocenters. The minimum absolute atomic E-state index is 0.240. The second-order valence-corrected chi connectivity index (χ2v) is 8.12. The summed E-state index contributed by atoms with van der Waals surface area (Å²) >= 11 is 0. The van der Waals surface area contributed by atoms with Crippen LogP contribution in [0.2, 0.25) is 0 Å². The van der Waals surface area contributed by atoms with E-state index in [4.69, 9.17) is 13.9 Å². The Bertz CT molecular complexity index is 1260. The van der Waals surface area contributed by atoms with Gasteiger partial charge in [-0.15, -0.1) is 0 Å². The summed E-state index contributed by atoms with van der Waals surface area (Å²) in [6, 6.07) is 16.6. The molecular weight excluding hydrogens is 418 g/mol. The van der Waals surface area contributed by atoms with E-state index in [0.29, 0.717) is 34.8 Å². The number of benzene rings is 2. The van der Waals surface area contributed by atoms with E-state index in [1.54, 1.807) is 37.6 Å². The summed E-state index contributed by atoms with van der Waals surface area (Å²) in [6.45, 7) is 0. The van der Waals surface area contributed by atoms with Crippen LogP contribution in [-0.2, 0) is 6.42 Å². The molecular formula is C26H25N3O4. The molecule has 33 heavy (non-hydrogen) atoms. The average molecular weight is 444 g/mol. The van der Waals surface area contributed by atoms with Gasteiger partial charge >= 0.3 is 0 Å². The summed E-state index contributed by atoms with van der Waals surface area (Å²) in [5.74, 6) is 1.73. The maximum Gasteiger partial charge on any atom is 0.274 e. The lowest BCUT2D eigenvalue weighted by molar-refractivity contribution is 0.102. The largest absolute Gasteiger partial charge is 0.493 e. The molecule has 0 radical (unpaired) electrons. The number of oxazole rings is 1. The number of ether oxygens (including phenoxy) is 2. The van der Waals surface area contributed by atoms with Crippen LogP contribution in [0, 0.1) is 0 Å². The lowest BCUT2D eigenvalue weighted by Gasteiger charge is -2.16. The van der Waals surface area contributed by atoms with E-state index in [2.05, 4.69) is 15.3 Å². The van der Waals surface area contributed by atoms with Crippen LogP contribution in [0.4, 0.5) is 5.69 Å². The third-order valence-corrected chi connectivity index (χ3v) is 5.78. The predicted octanol–water partition coefficient (Wildman–Crippen LogP) is 5.40. The molecule has 7 heteroatoms. The lowest BCUT2D eigenvalue weighted by Crippen LogP contribution is -2.13. The number of pyridine rings is 1. The number of amides is 1. The summed E-state index contributed by atoms with van der Waals surface area (Å²) < 4.78 is 17.8. The molecule has 0 bridgehead atoms. The van der Waals surface area contributed by atoms with Crippen LogP contribution in [0.1, 0.15) is 47.6 Å². The quantitative estimate of drug-likeness (QED) is 0.412. The molecule has 4 aromatic rings. The molecule has 1 amide bonds. The first-order chi connectivity index (χ1) is 16.2. The number of hydrogen-bond acceptors (Lipinski definition) is 6. The first kappa shape index (κ1) is 21.0. The average Bonchev–Trinajstić information content (AvgIpc) is 3.50. The summed E-state index contributed by atoms with van der Waals surface area (Å²) in [5.41, 5.74) is 3.12. The van der Waals surface area contributed by atoms with Gasteiger partial charge in [-0.05, 0) is 67.6 Å². The fourth-order valence-electron chi connectivity index (χ4n) is 4.14. The van der Waals surface area contributed by atoms with Crippen molar-refractivity contribution in [3.8, 4) is 11.5 Å². The molecule has 1 saturated carbocycles. The number of carbonyl (C=O) groups excluding carboxylic acids is 1. The van der Waals surface area contributed by atoms with Crippen molar-refractivity contribution in [2.24, 2.45) is 0 Å². The van der Waals surface area contributed by atoms with Crippen LogP contribution >= 0.6 is 0 Å². The van der Waals surface area contributed by atoms with Gasteiger partial charge in [0.1, 0.15) is 11.2 Å². The lowest BCUT2D eigenvalue weighted by atomic mass is 10.1. The summed E-state index contributed by atoms with van der Waals surface area (Å²) in [7, 11) is 1.65. The monoisotopic (exact) mass is 443 g/mol. The molecule has 2 heterocycles. The summed E-state index contributed by atoms with van der Waals surface area (Å²) in [4.78, 5) is 21.2. The number of nitrogens with zero attached hydrogens (tertiary/aromatic N) is 2. The molecule has 0 atom stereocenters. The molecule has 1 aliphatic carbocycles. The number of anilines is 1. The Balaban J connectivity index is 1.37. The zero-order chi connectivity index (χ0) is 22.6. The Labute approximate surface area is 191 Å². The third kappa shape index (κ3) is 4.67. The van der Waals surface area contributed by atoms with Crippen LogP contribution in [0.5, 0.6) is 11.5 Å². The summed E-state index contributed by atoms with van der Waals surface area (Å²) in [6.07, 6.45) is 6.87. The van der Waals surface area contributed by atoms with Gasteiger partial charge in [-0.1, -0.05) is 18.2 Å². The molecule has 168 valence electrons. The molecule has 5 rings (SSSR count). The normalized spacial score (nSPS) is 13.8. The highest BCUT2D eigenvalue weighted by molar-refractivity contribution is 6.06. The van der Waals surface area contributed by atoms with Gasteiger partial charge < -0.3 is 19.2 Å². The van der Waals surface area contributed by atoms with Crippen LogP contribution < -0.4 is 14.8 Å². The number of para-hydroxylation sites is 1. The van der Waals surface area contributed by atoms with E-state index >= 15 is 0 Å². The Morgan fingerprint density at radius 2 is 1.97 bits per heavy atom. The number of fused-ring (bicyclic) bond motifs is 1. The Morgan fingerprint density at radius 3 is 2.76 bits per heavy atom. The van der Waals surface area contributed by atoms with Crippen LogP contribution in [0.25, 0.3) is 11.1 Å². The highest BCUT2D eigenvalue weighted by atomic mass is 16.5. The van der Waals surface area contributed by atoms with Crippen molar-refractivity contribution in [1.82, 2.24) is 9.97 Å². The third-order valence-electron chi connectivity index (χ3n) is 5.78. The number of methoxy groups -OCH3 is 1. The second-order valence-electron chi connectivity index (χ2n) is 8.12. The summed E-state index contributed by atoms with van der Waals surface area (Å²) in [5, 5.41) is 2.87. The van der Waals surface area contributed by atoms with Crippen molar-refractivity contribution in [1.29, 1.82) is 0 Å². The van der Waals surface area contributed by atoms with Crippen LogP contribution in [0.15, 0.2) is 65.2 Å².